The van der Waals surface area contributed by atoms with Crippen molar-refractivity contribution in [3.63, 3.8) is 0 Å². The second kappa shape index (κ2) is 9.18. The third-order valence-corrected chi connectivity index (χ3v) is 6.26. The molecule has 0 unspecified atom stereocenters. The van der Waals surface area contributed by atoms with Gasteiger partial charge in [0, 0.05) is 33.9 Å². The number of hydrazine groups is 1. The van der Waals surface area contributed by atoms with E-state index in [1.54, 1.807) is 43.3 Å². The van der Waals surface area contributed by atoms with Gasteiger partial charge in [0.2, 0.25) is 0 Å². The molecule has 1 aromatic heterocycles. The fourth-order valence-corrected chi connectivity index (χ4v) is 4.29. The Morgan fingerprint density at radius 2 is 1.94 bits per heavy atom. The third kappa shape index (κ3) is 4.82. The van der Waals surface area contributed by atoms with Crippen molar-refractivity contribution in [1.29, 1.82) is 0 Å². The highest BCUT2D eigenvalue weighted by molar-refractivity contribution is 8.26. The third-order valence-electron chi connectivity index (χ3n) is 4.70. The minimum Gasteiger partial charge on any atom is -0.457 e. The number of nitro benzene ring substituents is 1. The van der Waals surface area contributed by atoms with E-state index in [4.69, 9.17) is 28.2 Å². The highest BCUT2D eigenvalue weighted by Gasteiger charge is 2.34. The summed E-state index contributed by atoms with van der Waals surface area (Å²) >= 11 is 12.1. The van der Waals surface area contributed by atoms with Gasteiger partial charge in [-0.2, -0.15) is 5.01 Å². The molecule has 2 heterocycles. The van der Waals surface area contributed by atoms with Crippen LogP contribution < -0.4 is 5.43 Å². The van der Waals surface area contributed by atoms with Gasteiger partial charge in [0.15, 0.2) is 4.32 Å². The number of benzene rings is 2. The molecule has 33 heavy (non-hydrogen) atoms. The number of carbonyl (C=O) groups excluding carboxylic acids is 2. The molecule has 1 aliphatic heterocycles. The van der Waals surface area contributed by atoms with E-state index < -0.39 is 16.7 Å². The zero-order chi connectivity index (χ0) is 23.7. The van der Waals surface area contributed by atoms with Gasteiger partial charge in [-0.15, -0.1) is 0 Å². The summed E-state index contributed by atoms with van der Waals surface area (Å²) in [7, 11) is 0. The number of nitro groups is 1. The Morgan fingerprint density at radius 1 is 1.21 bits per heavy atom. The standard InChI is InChI=1S/C22H14ClN3O5S2/c1-12-2-3-14(10-17(12)26(29)30)18-9-8-16(31-18)11-19-21(28)25(22(32)33-19)24-20(27)13-4-6-15(23)7-5-13/h2-11H,1H3,(H,24,27)/b19-11+. The Morgan fingerprint density at radius 3 is 2.64 bits per heavy atom. The number of amides is 2. The molecule has 0 aliphatic carbocycles. The van der Waals surface area contributed by atoms with Crippen LogP contribution >= 0.6 is 35.6 Å². The first-order chi connectivity index (χ1) is 15.7. The van der Waals surface area contributed by atoms with Crippen LogP contribution in [0.5, 0.6) is 0 Å². The molecule has 0 atom stereocenters. The molecule has 4 rings (SSSR count). The summed E-state index contributed by atoms with van der Waals surface area (Å²) in [5.74, 6) is -0.240. The van der Waals surface area contributed by atoms with Crippen LogP contribution in [0.4, 0.5) is 5.69 Å². The van der Waals surface area contributed by atoms with Crippen molar-refractivity contribution in [3.8, 4) is 11.3 Å². The van der Waals surface area contributed by atoms with Gasteiger partial charge in [0.1, 0.15) is 11.5 Å². The van der Waals surface area contributed by atoms with Crippen LogP contribution in [0.15, 0.2) is 63.9 Å². The zero-order valence-corrected chi connectivity index (χ0v) is 19.3. The van der Waals surface area contributed by atoms with Gasteiger partial charge >= 0.3 is 0 Å². The topological polar surface area (TPSA) is 106 Å². The molecule has 11 heteroatoms. The van der Waals surface area contributed by atoms with Gasteiger partial charge < -0.3 is 4.42 Å². The second-order valence-corrected chi connectivity index (χ2v) is 9.04. The molecule has 3 aromatic rings. The van der Waals surface area contributed by atoms with Crippen molar-refractivity contribution in [2.45, 2.75) is 6.92 Å². The fourth-order valence-electron chi connectivity index (χ4n) is 3.01. The zero-order valence-electron chi connectivity index (χ0n) is 16.9. The number of rotatable bonds is 5. The van der Waals surface area contributed by atoms with Crippen LogP contribution in [0, 0.1) is 17.0 Å². The summed E-state index contributed by atoms with van der Waals surface area (Å²) in [6, 6.07) is 14.3. The molecule has 1 N–H and O–H groups in total. The van der Waals surface area contributed by atoms with E-state index in [0.29, 0.717) is 33.2 Å². The van der Waals surface area contributed by atoms with Crippen LogP contribution in [0.25, 0.3) is 17.4 Å². The summed E-state index contributed by atoms with van der Waals surface area (Å²) < 4.78 is 5.92. The van der Waals surface area contributed by atoms with E-state index in [1.165, 1.54) is 24.3 Å². The van der Waals surface area contributed by atoms with Crippen LogP contribution in [0.2, 0.25) is 5.02 Å². The summed E-state index contributed by atoms with van der Waals surface area (Å²) in [6.45, 7) is 1.66. The highest BCUT2D eigenvalue weighted by Crippen LogP contribution is 2.33. The smallest absolute Gasteiger partial charge is 0.285 e. The van der Waals surface area contributed by atoms with Crippen molar-refractivity contribution >= 4 is 63.5 Å². The number of thioether (sulfide) groups is 1. The molecule has 2 aromatic carbocycles. The van der Waals surface area contributed by atoms with Gasteiger partial charge in [-0.25, -0.2) is 0 Å². The molecule has 0 bridgehead atoms. The molecule has 0 radical (unpaired) electrons. The predicted molar refractivity (Wildman–Crippen MR) is 129 cm³/mol. The number of carbonyl (C=O) groups is 2. The first kappa shape index (κ1) is 22.7. The van der Waals surface area contributed by atoms with E-state index in [9.17, 15) is 19.7 Å². The first-order valence-corrected chi connectivity index (χ1v) is 11.0. The molecule has 1 aliphatic rings. The van der Waals surface area contributed by atoms with Gasteiger partial charge in [0.25, 0.3) is 17.5 Å². The maximum atomic E-state index is 12.8. The van der Waals surface area contributed by atoms with Gasteiger partial charge in [-0.05, 0) is 55.5 Å². The summed E-state index contributed by atoms with van der Waals surface area (Å²) in [4.78, 5) is 36.2. The normalized spacial score (nSPS) is 14.7. The lowest BCUT2D eigenvalue weighted by Crippen LogP contribution is -2.44. The Bertz CT molecular complexity index is 1330. The van der Waals surface area contributed by atoms with E-state index in [1.807, 2.05) is 0 Å². The molecule has 8 nitrogen and oxygen atoms in total. The van der Waals surface area contributed by atoms with E-state index in [0.717, 1.165) is 16.8 Å². The first-order valence-electron chi connectivity index (χ1n) is 9.42. The maximum absolute atomic E-state index is 12.8. The van der Waals surface area contributed by atoms with E-state index in [2.05, 4.69) is 5.43 Å². The largest absolute Gasteiger partial charge is 0.457 e. The summed E-state index contributed by atoms with van der Waals surface area (Å²) in [5.41, 5.74) is 3.87. The van der Waals surface area contributed by atoms with Crippen LogP contribution in [0.3, 0.4) is 0 Å². The van der Waals surface area contributed by atoms with E-state index >= 15 is 0 Å². The molecule has 166 valence electrons. The lowest BCUT2D eigenvalue weighted by molar-refractivity contribution is -0.385. The molecule has 1 fully saturated rings. The number of hydrogen-bond donors (Lipinski definition) is 1. The Hall–Kier alpha value is -3.47. The van der Waals surface area contributed by atoms with Gasteiger partial charge in [-0.1, -0.05) is 35.5 Å². The molecular formula is C22H14ClN3O5S2. The van der Waals surface area contributed by atoms with Crippen molar-refractivity contribution in [3.05, 3.63) is 91.5 Å². The van der Waals surface area contributed by atoms with Crippen LogP contribution in [0.1, 0.15) is 21.7 Å². The van der Waals surface area contributed by atoms with Gasteiger partial charge in [-0.3, -0.25) is 25.1 Å². The molecular weight excluding hydrogens is 486 g/mol. The van der Waals surface area contributed by atoms with Crippen molar-refractivity contribution in [1.82, 2.24) is 10.4 Å². The van der Waals surface area contributed by atoms with Crippen molar-refractivity contribution in [2.75, 3.05) is 0 Å². The lowest BCUT2D eigenvalue weighted by Gasteiger charge is -2.15. The van der Waals surface area contributed by atoms with E-state index in [-0.39, 0.29) is 14.9 Å². The number of nitrogens with one attached hydrogen (secondary N) is 1. The number of thiocarbonyl (C=S) groups is 1. The summed E-state index contributed by atoms with van der Waals surface area (Å²) in [6.07, 6.45) is 1.50. The average molecular weight is 500 g/mol. The number of hydrogen-bond acceptors (Lipinski definition) is 7. The Kier molecular flexibility index (Phi) is 6.32. The Balaban J connectivity index is 1.52. The molecule has 2 amide bonds. The number of aryl methyl sites for hydroxylation is 1. The SMILES string of the molecule is Cc1ccc(-c2ccc(/C=C3/SC(=S)N(NC(=O)c4ccc(Cl)cc4)C3=O)o2)cc1[N+](=O)[O-]. The van der Waals surface area contributed by atoms with Crippen molar-refractivity contribution < 1.29 is 18.9 Å². The summed E-state index contributed by atoms with van der Waals surface area (Å²) in [5, 5.41) is 12.7. The van der Waals surface area contributed by atoms with Crippen LogP contribution in [-0.2, 0) is 4.79 Å². The fraction of sp³-hybridized carbons (Fsp3) is 0.0455. The molecule has 0 spiro atoms. The minimum absolute atomic E-state index is 0.0113. The monoisotopic (exact) mass is 499 g/mol. The predicted octanol–water partition coefficient (Wildman–Crippen LogP) is 5.36. The number of halogens is 1. The number of furan rings is 1. The van der Waals surface area contributed by atoms with Crippen molar-refractivity contribution in [2.24, 2.45) is 0 Å². The lowest BCUT2D eigenvalue weighted by atomic mass is 10.1. The average Bonchev–Trinajstić information content (AvgIpc) is 3.34. The minimum atomic E-state index is -0.509. The quantitative estimate of drug-likeness (QED) is 0.218. The van der Waals surface area contributed by atoms with Gasteiger partial charge in [0.05, 0.1) is 9.83 Å². The molecule has 1 saturated heterocycles. The number of nitrogens with zero attached hydrogens (tertiary/aromatic N) is 2. The second-order valence-electron chi connectivity index (χ2n) is 6.93. The Labute approximate surface area is 202 Å². The maximum Gasteiger partial charge on any atom is 0.285 e. The molecule has 0 saturated carbocycles. The highest BCUT2D eigenvalue weighted by atomic mass is 35.5. The van der Waals surface area contributed by atoms with Crippen LogP contribution in [-0.4, -0.2) is 26.1 Å².